The van der Waals surface area contributed by atoms with Crippen molar-refractivity contribution >= 4 is 53.0 Å². The number of carbonyl (C=O) groups excluding carboxylic acids is 5. The summed E-state index contributed by atoms with van der Waals surface area (Å²) in [6, 6.07) is 11.6. The number of hydrogen-bond acceptors (Lipinski definition) is 13. The Hall–Kier alpha value is -6.92. The van der Waals surface area contributed by atoms with Crippen LogP contribution < -0.4 is 45.1 Å². The third-order valence-corrected chi connectivity index (χ3v) is 12.1. The SMILES string of the molecule is C=C1CC2C(O)N(C(=O)OCc3ccc(NC(=O)C(CCC)NC(=O)CNC)cc3)c3cc(OCCCCCOc4cc5c(cc4OC)C(=O)NC4(C=N5)CC(=C)C4)c(OC)cc3C(=O)N2C1. The van der Waals surface area contributed by atoms with E-state index in [1.807, 2.05) is 6.92 Å². The quantitative estimate of drug-likeness (QED) is 0.0738. The number of aliphatic hydroxyl groups excluding tert-OH is 1. The van der Waals surface area contributed by atoms with Crippen molar-refractivity contribution in [2.75, 3.05) is 57.8 Å². The van der Waals surface area contributed by atoms with Gasteiger partial charge in [0.25, 0.3) is 11.8 Å². The standard InChI is InChI=1S/C49H59N7O11/c1-7-11-35(53-43(57)25-50-4)45(59)52-32-14-12-31(13-15-32)27-67-48(62)56-37-22-42(40(64-6)20-34(37)46(60)55-26-29(2)18-38(55)47(56)61)66-17-10-8-9-16-65-41-21-36-33(19-39(41)63-5)44(58)54-49(28-51-36)23-30(3)24-49/h12-15,19-22,28,35,38,47,50,61H,2-3,7-11,16-18,23-27H2,1,4-6H3,(H,52,59)(H,53,57)(H,54,58). The lowest BCUT2D eigenvalue weighted by atomic mass is 9.74. The number of ether oxygens (including phenoxy) is 5. The number of fused-ring (bicyclic) bond motifs is 3. The van der Waals surface area contributed by atoms with Crippen LogP contribution in [0.5, 0.6) is 23.0 Å². The summed E-state index contributed by atoms with van der Waals surface area (Å²) >= 11 is 0. The number of benzene rings is 3. The van der Waals surface area contributed by atoms with Crippen molar-refractivity contribution in [1.29, 1.82) is 0 Å². The number of carbonyl (C=O) groups is 5. The van der Waals surface area contributed by atoms with E-state index >= 15 is 0 Å². The molecule has 1 spiro atoms. The van der Waals surface area contributed by atoms with Crippen LogP contribution in [0.25, 0.3) is 0 Å². The van der Waals surface area contributed by atoms with Gasteiger partial charge in [0, 0.05) is 30.6 Å². The maximum absolute atomic E-state index is 14.1. The molecule has 3 aromatic carbocycles. The summed E-state index contributed by atoms with van der Waals surface area (Å²) in [5.74, 6) is 0.136. The minimum Gasteiger partial charge on any atom is -0.493 e. The Labute approximate surface area is 389 Å². The van der Waals surface area contributed by atoms with E-state index in [1.165, 1.54) is 31.3 Å². The molecule has 3 atom stereocenters. The molecule has 67 heavy (non-hydrogen) atoms. The van der Waals surface area contributed by atoms with Gasteiger partial charge in [-0.15, -0.1) is 0 Å². The van der Waals surface area contributed by atoms with Gasteiger partial charge in [-0.3, -0.25) is 24.2 Å². The summed E-state index contributed by atoms with van der Waals surface area (Å²) in [7, 11) is 4.62. The first-order valence-corrected chi connectivity index (χ1v) is 22.5. The summed E-state index contributed by atoms with van der Waals surface area (Å²) in [6.45, 7) is 10.7. The fraction of sp³-hybridized carbons (Fsp3) is 0.429. The van der Waals surface area contributed by atoms with Gasteiger partial charge in [0.2, 0.25) is 11.8 Å². The van der Waals surface area contributed by atoms with Crippen LogP contribution >= 0.6 is 0 Å². The number of aliphatic hydroxyl groups is 1. The van der Waals surface area contributed by atoms with Crippen molar-refractivity contribution in [3.05, 3.63) is 89.5 Å². The van der Waals surface area contributed by atoms with E-state index in [2.05, 4.69) is 39.4 Å². The lowest BCUT2D eigenvalue weighted by molar-refractivity contribution is -0.126. The van der Waals surface area contributed by atoms with Crippen molar-refractivity contribution in [3.63, 3.8) is 0 Å². The monoisotopic (exact) mass is 921 g/mol. The van der Waals surface area contributed by atoms with Crippen LogP contribution in [0.1, 0.15) is 84.6 Å². The minimum atomic E-state index is -1.48. The molecule has 5 N–H and O–H groups in total. The van der Waals surface area contributed by atoms with E-state index in [4.69, 9.17) is 23.7 Å². The molecule has 3 heterocycles. The third-order valence-electron chi connectivity index (χ3n) is 12.1. The van der Waals surface area contributed by atoms with Crippen molar-refractivity contribution in [2.45, 2.75) is 88.7 Å². The summed E-state index contributed by atoms with van der Waals surface area (Å²) in [4.78, 5) is 73.5. The number of likely N-dealkylation sites (N-methyl/N-ethyl adjacent to an activating group) is 1. The van der Waals surface area contributed by atoms with Crippen molar-refractivity contribution < 1.29 is 52.8 Å². The smallest absolute Gasteiger partial charge is 0.416 e. The predicted octanol–water partition coefficient (Wildman–Crippen LogP) is 5.56. The van der Waals surface area contributed by atoms with Crippen molar-refractivity contribution in [2.24, 2.45) is 4.99 Å². The summed E-state index contributed by atoms with van der Waals surface area (Å²) in [6.07, 6.45) is 4.12. The molecule has 2 fully saturated rings. The second-order valence-corrected chi connectivity index (χ2v) is 17.2. The molecule has 3 unspecified atom stereocenters. The summed E-state index contributed by atoms with van der Waals surface area (Å²) in [5.41, 5.74) is 3.47. The highest BCUT2D eigenvalue weighted by Crippen LogP contribution is 2.43. The van der Waals surface area contributed by atoms with Gasteiger partial charge in [-0.2, -0.15) is 0 Å². The van der Waals surface area contributed by atoms with Crippen molar-refractivity contribution in [1.82, 2.24) is 20.9 Å². The molecule has 5 amide bonds. The number of amides is 5. The van der Waals surface area contributed by atoms with E-state index in [0.29, 0.717) is 85.6 Å². The molecule has 1 aliphatic carbocycles. The molecule has 4 aliphatic rings. The Morgan fingerprint density at radius 3 is 2.24 bits per heavy atom. The second kappa shape index (κ2) is 21.1. The molecule has 0 aromatic heterocycles. The Morgan fingerprint density at radius 1 is 0.925 bits per heavy atom. The molecule has 7 rings (SSSR count). The zero-order valence-electron chi connectivity index (χ0n) is 38.4. The highest BCUT2D eigenvalue weighted by Gasteiger charge is 2.46. The molecule has 1 saturated carbocycles. The number of unbranched alkanes of at least 4 members (excludes halogenated alkanes) is 2. The van der Waals surface area contributed by atoms with E-state index in [0.717, 1.165) is 16.0 Å². The molecule has 18 heteroatoms. The van der Waals surface area contributed by atoms with E-state index in [9.17, 15) is 29.1 Å². The summed E-state index contributed by atoms with van der Waals surface area (Å²) in [5, 5.41) is 23.2. The summed E-state index contributed by atoms with van der Waals surface area (Å²) < 4.78 is 29.3. The molecule has 0 radical (unpaired) electrons. The molecule has 3 aliphatic heterocycles. The normalized spacial score (nSPS) is 18.3. The number of aliphatic imine (C=N–C) groups is 1. The Kier molecular flexibility index (Phi) is 15.2. The highest BCUT2D eigenvalue weighted by molar-refractivity contribution is 6.07. The zero-order chi connectivity index (χ0) is 47.8. The molecule has 1 saturated heterocycles. The Bertz CT molecular complexity index is 2430. The van der Waals surface area contributed by atoms with Crippen molar-refractivity contribution in [3.8, 4) is 23.0 Å². The van der Waals surface area contributed by atoms with Crippen LogP contribution in [0.4, 0.5) is 21.9 Å². The molecule has 3 aromatic rings. The van der Waals surface area contributed by atoms with Gasteiger partial charge in [0.05, 0.1) is 68.1 Å². The largest absolute Gasteiger partial charge is 0.493 e. The van der Waals surface area contributed by atoms with Crippen LogP contribution in [0.3, 0.4) is 0 Å². The van der Waals surface area contributed by atoms with E-state index in [-0.39, 0.29) is 73.2 Å². The number of nitrogens with zero attached hydrogens (tertiary/aromatic N) is 3. The minimum absolute atomic E-state index is 0.0853. The Balaban J connectivity index is 0.981. The predicted molar refractivity (Wildman–Crippen MR) is 251 cm³/mol. The number of methoxy groups -OCH3 is 2. The van der Waals surface area contributed by atoms with Crippen LogP contribution in [-0.2, 0) is 20.9 Å². The third kappa shape index (κ3) is 10.9. The van der Waals surface area contributed by atoms with Gasteiger partial charge in [-0.25, -0.2) is 9.69 Å². The van der Waals surface area contributed by atoms with Crippen LogP contribution in [0, 0.1) is 0 Å². The number of nitrogens with one attached hydrogen (secondary N) is 4. The topological polar surface area (TPSA) is 219 Å². The lowest BCUT2D eigenvalue weighted by Gasteiger charge is -2.40. The van der Waals surface area contributed by atoms with Gasteiger partial charge in [0.1, 0.15) is 12.6 Å². The number of hydrogen-bond donors (Lipinski definition) is 5. The average Bonchev–Trinajstić information content (AvgIpc) is 3.60. The second-order valence-electron chi connectivity index (χ2n) is 17.2. The fourth-order valence-electron chi connectivity index (χ4n) is 8.67. The molecular weight excluding hydrogens is 863 g/mol. The highest BCUT2D eigenvalue weighted by atomic mass is 16.6. The fourth-order valence-corrected chi connectivity index (χ4v) is 8.67. The first kappa shape index (κ1) is 48.0. The van der Waals surface area contributed by atoms with E-state index < -0.39 is 35.9 Å². The molecular formula is C49H59N7O11. The maximum atomic E-state index is 14.1. The van der Waals surface area contributed by atoms with Crippen LogP contribution in [0.2, 0.25) is 0 Å². The zero-order valence-corrected chi connectivity index (χ0v) is 38.4. The van der Waals surface area contributed by atoms with Gasteiger partial charge in [0.15, 0.2) is 29.2 Å². The maximum Gasteiger partial charge on any atom is 0.416 e. The van der Waals surface area contributed by atoms with E-state index in [1.54, 1.807) is 49.7 Å². The number of anilines is 2. The Morgan fingerprint density at radius 2 is 1.60 bits per heavy atom. The lowest BCUT2D eigenvalue weighted by Crippen LogP contribution is -2.55. The average molecular weight is 922 g/mol. The van der Waals surface area contributed by atoms with Gasteiger partial charge in [-0.05, 0) is 81.8 Å². The van der Waals surface area contributed by atoms with Crippen LogP contribution in [0.15, 0.2) is 77.8 Å². The van der Waals surface area contributed by atoms with Gasteiger partial charge >= 0.3 is 6.09 Å². The first-order chi connectivity index (χ1) is 32.3. The molecule has 0 bridgehead atoms. The first-order valence-electron chi connectivity index (χ1n) is 22.5. The van der Waals surface area contributed by atoms with Gasteiger partial charge in [-0.1, -0.05) is 49.8 Å². The van der Waals surface area contributed by atoms with Crippen LogP contribution in [-0.4, -0.2) is 117 Å². The molecule has 18 nitrogen and oxygen atoms in total. The van der Waals surface area contributed by atoms with Gasteiger partial charge < -0.3 is 55.0 Å². The molecule has 356 valence electrons. The number of rotatable bonds is 19.